The van der Waals surface area contributed by atoms with Gasteiger partial charge in [0.05, 0.1) is 16.9 Å². The maximum atomic E-state index is 12.7. The van der Waals surface area contributed by atoms with Crippen LogP contribution in [0.5, 0.6) is 0 Å². The number of nitrogens with one attached hydrogen (secondary N) is 1. The zero-order valence-electron chi connectivity index (χ0n) is 14.6. The molecule has 1 aromatic heterocycles. The first-order valence-corrected chi connectivity index (χ1v) is 11.5. The quantitative estimate of drug-likeness (QED) is 0.291. The van der Waals surface area contributed by atoms with Crippen molar-refractivity contribution in [2.75, 3.05) is 22.1 Å². The van der Waals surface area contributed by atoms with E-state index in [9.17, 15) is 23.3 Å². The predicted octanol–water partition coefficient (Wildman–Crippen LogP) is 2.35. The molecule has 1 aromatic carbocycles. The van der Waals surface area contributed by atoms with E-state index in [1.54, 1.807) is 6.92 Å². The van der Waals surface area contributed by atoms with E-state index >= 15 is 0 Å². The van der Waals surface area contributed by atoms with Gasteiger partial charge >= 0.3 is 0 Å². The third-order valence-corrected chi connectivity index (χ3v) is 6.43. The van der Waals surface area contributed by atoms with E-state index in [0.29, 0.717) is 4.34 Å². The number of hydrogen-bond acceptors (Lipinski definition) is 9. The number of benzene rings is 1. The van der Waals surface area contributed by atoms with Crippen LogP contribution in [-0.4, -0.2) is 48.0 Å². The van der Waals surface area contributed by atoms with Gasteiger partial charge in [-0.05, 0) is 18.7 Å². The molecule has 0 aliphatic heterocycles. The Labute approximate surface area is 164 Å². The third kappa shape index (κ3) is 5.14. The molecule has 1 heterocycles. The molecule has 13 heteroatoms. The van der Waals surface area contributed by atoms with Crippen LogP contribution in [0.25, 0.3) is 0 Å². The fourth-order valence-electron chi connectivity index (χ4n) is 2.34. The molecule has 27 heavy (non-hydrogen) atoms. The summed E-state index contributed by atoms with van der Waals surface area (Å²) in [7, 11) is -3.90. The molecule has 2 rings (SSSR count). The fourth-order valence-corrected chi connectivity index (χ4v) is 4.71. The number of nitrogens with zero attached hydrogens (tertiary/aromatic N) is 4. The minimum atomic E-state index is -3.90. The molecule has 0 aliphatic rings. The van der Waals surface area contributed by atoms with Crippen LogP contribution in [-0.2, 0) is 14.8 Å². The van der Waals surface area contributed by atoms with Crippen LogP contribution >= 0.6 is 23.1 Å². The Morgan fingerprint density at radius 3 is 2.67 bits per heavy atom. The largest absolute Gasteiger partial charge is 0.299 e. The smallest absolute Gasteiger partial charge is 0.271 e. The highest BCUT2D eigenvalue weighted by Gasteiger charge is 2.32. The molecule has 0 aliphatic carbocycles. The Hall–Kier alpha value is -2.25. The van der Waals surface area contributed by atoms with E-state index in [0.717, 1.165) is 28.0 Å². The van der Waals surface area contributed by atoms with Gasteiger partial charge in [-0.1, -0.05) is 36.1 Å². The minimum Gasteiger partial charge on any atom is -0.299 e. The van der Waals surface area contributed by atoms with Crippen LogP contribution in [0.3, 0.4) is 0 Å². The van der Waals surface area contributed by atoms with Gasteiger partial charge in [0.1, 0.15) is 6.04 Å². The number of carbonyl (C=O) groups is 1. The van der Waals surface area contributed by atoms with Gasteiger partial charge in [0, 0.05) is 12.1 Å². The van der Waals surface area contributed by atoms with Crippen molar-refractivity contribution in [3.63, 3.8) is 0 Å². The number of carbonyl (C=O) groups excluding carboxylic acids is 1. The van der Waals surface area contributed by atoms with Gasteiger partial charge in [0.2, 0.25) is 21.1 Å². The third-order valence-electron chi connectivity index (χ3n) is 3.44. The fraction of sp³-hybridized carbons (Fsp3) is 0.357. The number of anilines is 2. The average molecular weight is 432 g/mol. The molecule has 146 valence electrons. The second-order valence-corrected chi connectivity index (χ2v) is 9.22. The lowest BCUT2D eigenvalue weighted by Crippen LogP contribution is -2.47. The van der Waals surface area contributed by atoms with Gasteiger partial charge in [0.25, 0.3) is 5.69 Å². The lowest BCUT2D eigenvalue weighted by atomic mass is 10.2. The van der Waals surface area contributed by atoms with Crippen molar-refractivity contribution in [1.82, 2.24) is 10.2 Å². The van der Waals surface area contributed by atoms with E-state index in [2.05, 4.69) is 15.5 Å². The maximum absolute atomic E-state index is 12.7. The molecule has 0 radical (unpaired) electrons. The number of rotatable bonds is 8. The molecule has 0 fully saturated rings. The summed E-state index contributed by atoms with van der Waals surface area (Å²) in [4.78, 5) is 23.1. The molecule has 1 atom stereocenters. The Morgan fingerprint density at radius 2 is 2.15 bits per heavy atom. The molecule has 0 unspecified atom stereocenters. The van der Waals surface area contributed by atoms with Crippen LogP contribution in [0.1, 0.15) is 13.3 Å². The number of amides is 1. The molecule has 1 amide bonds. The molecule has 2 aromatic rings. The van der Waals surface area contributed by atoms with Crippen LogP contribution < -0.4 is 9.62 Å². The first-order valence-electron chi connectivity index (χ1n) is 7.59. The van der Waals surface area contributed by atoms with Crippen LogP contribution in [0, 0.1) is 10.1 Å². The Bertz CT molecular complexity index is 946. The van der Waals surface area contributed by atoms with Gasteiger partial charge in [-0.25, -0.2) is 8.42 Å². The summed E-state index contributed by atoms with van der Waals surface area (Å²) < 4.78 is 26.3. The molecule has 0 bridgehead atoms. The SMILES string of the molecule is CC[C@H](C(=O)Nc1nnc(SC)s1)N(c1cccc([N+](=O)[O-])c1)S(C)(=O)=O. The normalized spacial score (nSPS) is 12.4. The highest BCUT2D eigenvalue weighted by molar-refractivity contribution is 8.00. The average Bonchev–Trinajstić information content (AvgIpc) is 3.05. The van der Waals surface area contributed by atoms with E-state index in [1.807, 2.05) is 6.26 Å². The summed E-state index contributed by atoms with van der Waals surface area (Å²) in [5.41, 5.74) is -0.235. The van der Waals surface area contributed by atoms with E-state index in [4.69, 9.17) is 0 Å². The summed E-state index contributed by atoms with van der Waals surface area (Å²) >= 11 is 2.53. The maximum Gasteiger partial charge on any atom is 0.271 e. The zero-order valence-corrected chi connectivity index (χ0v) is 17.1. The lowest BCUT2D eigenvalue weighted by molar-refractivity contribution is -0.384. The Balaban J connectivity index is 2.39. The van der Waals surface area contributed by atoms with Crippen molar-refractivity contribution >= 4 is 55.5 Å². The van der Waals surface area contributed by atoms with E-state index in [-0.39, 0.29) is 22.9 Å². The summed E-state index contributed by atoms with van der Waals surface area (Å²) in [6, 6.07) is 4.03. The summed E-state index contributed by atoms with van der Waals surface area (Å²) in [6.45, 7) is 1.65. The van der Waals surface area contributed by atoms with Crippen LogP contribution in [0.15, 0.2) is 28.6 Å². The number of hydrogen-bond donors (Lipinski definition) is 1. The topological polar surface area (TPSA) is 135 Å². The molecule has 1 N–H and O–H groups in total. The predicted molar refractivity (Wildman–Crippen MR) is 105 cm³/mol. The zero-order chi connectivity index (χ0) is 20.2. The van der Waals surface area contributed by atoms with Crippen molar-refractivity contribution in [1.29, 1.82) is 0 Å². The number of sulfonamides is 1. The van der Waals surface area contributed by atoms with Gasteiger partial charge in [-0.3, -0.25) is 24.5 Å². The Kier molecular flexibility index (Phi) is 6.73. The number of non-ortho nitro benzene ring substituents is 1. The number of thioether (sulfide) groups is 1. The van der Waals surface area contributed by atoms with Gasteiger partial charge in [0.15, 0.2) is 4.34 Å². The molecule has 0 saturated heterocycles. The molecular formula is C14H17N5O5S3. The van der Waals surface area contributed by atoms with E-state index in [1.165, 1.54) is 30.0 Å². The van der Waals surface area contributed by atoms with Crippen LogP contribution in [0.4, 0.5) is 16.5 Å². The molecule has 0 saturated carbocycles. The standard InChI is InChI=1S/C14H17N5O5S3/c1-4-11(12(20)15-13-16-17-14(25-2)26-13)18(27(3,23)24)9-6-5-7-10(8-9)19(21)22/h5-8,11H,4H2,1-3H3,(H,15,16,20)/t11-/m1/s1. The summed E-state index contributed by atoms with van der Waals surface area (Å²) in [6.07, 6.45) is 2.91. The summed E-state index contributed by atoms with van der Waals surface area (Å²) in [5.74, 6) is -0.599. The monoisotopic (exact) mass is 431 g/mol. The highest BCUT2D eigenvalue weighted by atomic mass is 32.2. The number of nitro groups is 1. The molecular weight excluding hydrogens is 414 g/mol. The highest BCUT2D eigenvalue weighted by Crippen LogP contribution is 2.28. The second-order valence-electron chi connectivity index (χ2n) is 5.33. The lowest BCUT2D eigenvalue weighted by Gasteiger charge is -2.29. The van der Waals surface area contributed by atoms with Crippen molar-refractivity contribution < 1.29 is 18.1 Å². The second kappa shape index (κ2) is 8.63. The number of aromatic nitrogens is 2. The summed E-state index contributed by atoms with van der Waals surface area (Å²) in [5, 5.41) is 21.5. The van der Waals surface area contributed by atoms with Crippen molar-refractivity contribution in [3.8, 4) is 0 Å². The number of nitro benzene ring substituents is 1. The van der Waals surface area contributed by atoms with Gasteiger partial charge < -0.3 is 0 Å². The Morgan fingerprint density at radius 1 is 1.44 bits per heavy atom. The first kappa shape index (κ1) is 21.1. The molecule has 0 spiro atoms. The molecule has 10 nitrogen and oxygen atoms in total. The van der Waals surface area contributed by atoms with Crippen molar-refractivity contribution in [2.24, 2.45) is 0 Å². The minimum absolute atomic E-state index is 0.0377. The van der Waals surface area contributed by atoms with E-state index < -0.39 is 26.9 Å². The van der Waals surface area contributed by atoms with Crippen LogP contribution in [0.2, 0.25) is 0 Å². The van der Waals surface area contributed by atoms with Crippen molar-refractivity contribution in [2.45, 2.75) is 23.7 Å². The first-order chi connectivity index (χ1) is 12.7. The van der Waals surface area contributed by atoms with Gasteiger partial charge in [-0.2, -0.15) is 0 Å². The van der Waals surface area contributed by atoms with Gasteiger partial charge in [-0.15, -0.1) is 10.2 Å². The van der Waals surface area contributed by atoms with Crippen molar-refractivity contribution in [3.05, 3.63) is 34.4 Å².